The Bertz CT molecular complexity index is 209. The molecule has 0 heterocycles. The Morgan fingerprint density at radius 1 is 1.46 bits per heavy atom. The molecule has 4 heteroatoms. The molecule has 13 heavy (non-hydrogen) atoms. The van der Waals surface area contributed by atoms with Gasteiger partial charge in [-0.15, -0.1) is 0 Å². The predicted octanol–water partition coefficient (Wildman–Crippen LogP) is 2.91. The fourth-order valence-electron chi connectivity index (χ4n) is 1.62. The second kappa shape index (κ2) is 4.94. The summed E-state index contributed by atoms with van der Waals surface area (Å²) in [4.78, 5) is 9.07. The average molecular weight is 204 g/mol. The van der Waals surface area contributed by atoms with E-state index in [1.807, 2.05) is 0 Å². The number of rotatable bonds is 4. The van der Waals surface area contributed by atoms with Crippen molar-refractivity contribution in [2.45, 2.75) is 32.1 Å². The highest BCUT2D eigenvalue weighted by molar-refractivity contribution is 7.56. The van der Waals surface area contributed by atoms with Crippen LogP contribution in [0.5, 0.6) is 0 Å². The Morgan fingerprint density at radius 2 is 2.08 bits per heavy atom. The Hall–Kier alpha value is -0.110. The van der Waals surface area contributed by atoms with E-state index in [4.69, 9.17) is 9.42 Å². The normalized spacial score (nSPS) is 23.8. The van der Waals surface area contributed by atoms with Gasteiger partial charge in [0.15, 0.2) is 0 Å². The van der Waals surface area contributed by atoms with E-state index < -0.39 is 7.60 Å². The molecule has 1 unspecified atom stereocenters. The maximum Gasteiger partial charge on any atom is 0.351 e. The minimum atomic E-state index is -3.48. The Morgan fingerprint density at radius 3 is 2.62 bits per heavy atom. The van der Waals surface area contributed by atoms with Gasteiger partial charge in [-0.3, -0.25) is 4.57 Å². The van der Waals surface area contributed by atoms with E-state index in [2.05, 4.69) is 6.58 Å². The van der Waals surface area contributed by atoms with E-state index in [9.17, 15) is 4.57 Å². The van der Waals surface area contributed by atoms with Gasteiger partial charge in [-0.25, -0.2) is 0 Å². The zero-order valence-electron chi connectivity index (χ0n) is 7.82. The maximum absolute atomic E-state index is 11.0. The van der Waals surface area contributed by atoms with Crippen LogP contribution >= 0.6 is 7.60 Å². The lowest BCUT2D eigenvalue weighted by Gasteiger charge is -2.21. The molecule has 0 spiro atoms. The largest absolute Gasteiger partial charge is 0.351 e. The fourth-order valence-corrected chi connectivity index (χ4v) is 2.15. The molecule has 0 radical (unpaired) electrons. The summed E-state index contributed by atoms with van der Waals surface area (Å²) in [5.41, 5.74) is 0. The van der Waals surface area contributed by atoms with Crippen LogP contribution in [0.15, 0.2) is 12.4 Å². The standard InChI is InChI=1S/C9H17O3P/c1-2-13(10,11)12-8-9-6-4-3-5-7-9/h2,9H,1,3-8H2,(H,10,11). The van der Waals surface area contributed by atoms with Crippen LogP contribution in [0.4, 0.5) is 0 Å². The van der Waals surface area contributed by atoms with Crippen molar-refractivity contribution in [2.75, 3.05) is 6.61 Å². The molecule has 0 aromatic heterocycles. The molecule has 0 bridgehead atoms. The first kappa shape index (κ1) is 11.0. The fraction of sp³-hybridized carbons (Fsp3) is 0.778. The smallest absolute Gasteiger partial charge is 0.321 e. The van der Waals surface area contributed by atoms with Gasteiger partial charge >= 0.3 is 7.60 Å². The zero-order chi connectivity index (χ0) is 9.73. The van der Waals surface area contributed by atoms with E-state index in [1.54, 1.807) is 0 Å². The lowest BCUT2D eigenvalue weighted by Crippen LogP contribution is -2.12. The minimum Gasteiger partial charge on any atom is -0.321 e. The monoisotopic (exact) mass is 204 g/mol. The summed E-state index contributed by atoms with van der Waals surface area (Å²) < 4.78 is 16.0. The van der Waals surface area contributed by atoms with Gasteiger partial charge in [0.25, 0.3) is 0 Å². The van der Waals surface area contributed by atoms with Crippen LogP contribution in [-0.2, 0) is 9.09 Å². The molecule has 3 nitrogen and oxygen atoms in total. The van der Waals surface area contributed by atoms with Crippen LogP contribution in [0.1, 0.15) is 32.1 Å². The molecule has 1 N–H and O–H groups in total. The van der Waals surface area contributed by atoms with Crippen molar-refractivity contribution < 1.29 is 14.0 Å². The third kappa shape index (κ3) is 4.08. The van der Waals surface area contributed by atoms with Gasteiger partial charge < -0.3 is 9.42 Å². The Labute approximate surface area is 79.3 Å². The van der Waals surface area contributed by atoms with Gasteiger partial charge in [-0.05, 0) is 18.8 Å². The van der Waals surface area contributed by atoms with Crippen molar-refractivity contribution in [3.63, 3.8) is 0 Å². The van der Waals surface area contributed by atoms with Crippen LogP contribution in [0.25, 0.3) is 0 Å². The van der Waals surface area contributed by atoms with Crippen molar-refractivity contribution in [3.05, 3.63) is 12.4 Å². The van der Waals surface area contributed by atoms with Gasteiger partial charge in [0.05, 0.1) is 6.61 Å². The van der Waals surface area contributed by atoms with Crippen LogP contribution in [0.2, 0.25) is 0 Å². The first-order valence-electron chi connectivity index (χ1n) is 4.75. The summed E-state index contributed by atoms with van der Waals surface area (Å²) in [5, 5.41) is 0. The summed E-state index contributed by atoms with van der Waals surface area (Å²) in [5.74, 6) is 1.46. The first-order valence-corrected chi connectivity index (χ1v) is 6.39. The van der Waals surface area contributed by atoms with Gasteiger partial charge in [-0.1, -0.05) is 25.8 Å². The Kier molecular flexibility index (Phi) is 4.17. The van der Waals surface area contributed by atoms with Crippen molar-refractivity contribution in [1.29, 1.82) is 0 Å². The summed E-state index contributed by atoms with van der Waals surface area (Å²) in [6.07, 6.45) is 5.97. The lowest BCUT2D eigenvalue weighted by atomic mass is 9.90. The second-order valence-corrected chi connectivity index (χ2v) is 5.30. The maximum atomic E-state index is 11.0. The molecule has 1 fully saturated rings. The quantitative estimate of drug-likeness (QED) is 0.716. The number of hydrogen-bond donors (Lipinski definition) is 1. The van der Waals surface area contributed by atoms with E-state index in [0.29, 0.717) is 12.5 Å². The minimum absolute atomic E-state index is 0.403. The molecular weight excluding hydrogens is 187 g/mol. The van der Waals surface area contributed by atoms with Gasteiger partial charge in [0, 0.05) is 5.82 Å². The molecule has 1 rings (SSSR count). The predicted molar refractivity (Wildman–Crippen MR) is 52.5 cm³/mol. The molecule has 76 valence electrons. The van der Waals surface area contributed by atoms with E-state index >= 15 is 0 Å². The van der Waals surface area contributed by atoms with Crippen LogP contribution in [0, 0.1) is 5.92 Å². The summed E-state index contributed by atoms with van der Waals surface area (Å²) >= 11 is 0. The summed E-state index contributed by atoms with van der Waals surface area (Å²) in [6.45, 7) is 3.66. The first-order chi connectivity index (χ1) is 6.14. The highest BCUT2D eigenvalue weighted by Gasteiger charge is 2.19. The third-order valence-corrected chi connectivity index (χ3v) is 3.43. The van der Waals surface area contributed by atoms with Crippen LogP contribution < -0.4 is 0 Å². The van der Waals surface area contributed by atoms with Gasteiger partial charge in [-0.2, -0.15) is 0 Å². The lowest BCUT2D eigenvalue weighted by molar-refractivity contribution is 0.191. The van der Waals surface area contributed by atoms with Crippen molar-refractivity contribution in [3.8, 4) is 0 Å². The van der Waals surface area contributed by atoms with Crippen molar-refractivity contribution >= 4 is 7.60 Å². The molecule has 0 aromatic rings. The highest BCUT2D eigenvalue weighted by atomic mass is 31.2. The molecule has 0 amide bonds. The van der Waals surface area contributed by atoms with Gasteiger partial charge in [0.1, 0.15) is 0 Å². The summed E-state index contributed by atoms with van der Waals surface area (Å²) in [7, 11) is -3.48. The van der Waals surface area contributed by atoms with Crippen molar-refractivity contribution in [1.82, 2.24) is 0 Å². The molecular formula is C9H17O3P. The Balaban J connectivity index is 2.24. The average Bonchev–Trinajstić information content (AvgIpc) is 2.17. The van der Waals surface area contributed by atoms with E-state index in [-0.39, 0.29) is 0 Å². The SMILES string of the molecule is C=CP(=O)(O)OCC1CCCCC1. The summed E-state index contributed by atoms with van der Waals surface area (Å²) in [6, 6.07) is 0. The topological polar surface area (TPSA) is 46.5 Å². The van der Waals surface area contributed by atoms with E-state index in [0.717, 1.165) is 18.7 Å². The van der Waals surface area contributed by atoms with Crippen LogP contribution in [0.3, 0.4) is 0 Å². The molecule has 0 saturated heterocycles. The van der Waals surface area contributed by atoms with E-state index in [1.165, 1.54) is 19.3 Å². The molecule has 1 atom stereocenters. The molecule has 0 aromatic carbocycles. The molecule has 1 saturated carbocycles. The van der Waals surface area contributed by atoms with Crippen molar-refractivity contribution in [2.24, 2.45) is 5.92 Å². The third-order valence-electron chi connectivity index (χ3n) is 2.45. The van der Waals surface area contributed by atoms with Gasteiger partial charge in [0.2, 0.25) is 0 Å². The molecule has 0 aliphatic heterocycles. The van der Waals surface area contributed by atoms with Crippen LogP contribution in [-0.4, -0.2) is 11.5 Å². The number of hydrogen-bond acceptors (Lipinski definition) is 2. The zero-order valence-corrected chi connectivity index (χ0v) is 8.71. The highest BCUT2D eigenvalue weighted by Crippen LogP contribution is 2.43. The molecule has 1 aliphatic rings. The molecule has 1 aliphatic carbocycles. The second-order valence-electron chi connectivity index (χ2n) is 3.55.